The van der Waals surface area contributed by atoms with Crippen molar-refractivity contribution in [2.24, 2.45) is 0 Å². The van der Waals surface area contributed by atoms with Gasteiger partial charge in [0.1, 0.15) is 0 Å². The van der Waals surface area contributed by atoms with Gasteiger partial charge in [-0.25, -0.2) is 0 Å². The van der Waals surface area contributed by atoms with Crippen LogP contribution >= 0.6 is 0 Å². The third-order valence-corrected chi connectivity index (χ3v) is 2.11. The van der Waals surface area contributed by atoms with Crippen LogP contribution in [-0.2, 0) is 4.79 Å². The van der Waals surface area contributed by atoms with Crippen molar-refractivity contribution in [3.63, 3.8) is 0 Å². The van der Waals surface area contributed by atoms with Crippen molar-refractivity contribution in [1.29, 1.82) is 0 Å². The zero-order valence-electron chi connectivity index (χ0n) is 9.81. The molecule has 0 saturated carbocycles. The number of rotatable bonds is 5. The normalized spacial score (nSPS) is 13.7. The van der Waals surface area contributed by atoms with Gasteiger partial charge in [-0.2, -0.15) is 18.3 Å². The molecule has 1 aromatic heterocycles. The Hall–Kier alpha value is -1.73. The van der Waals surface area contributed by atoms with Crippen molar-refractivity contribution in [2.45, 2.75) is 38.6 Å². The Labute approximate surface area is 101 Å². The van der Waals surface area contributed by atoms with Crippen molar-refractivity contribution in [2.75, 3.05) is 0 Å². The number of ether oxygens (including phenoxy) is 1. The van der Waals surface area contributed by atoms with E-state index in [0.717, 1.165) is 6.20 Å². The Morgan fingerprint density at radius 3 is 2.56 bits per heavy atom. The van der Waals surface area contributed by atoms with Gasteiger partial charge in [-0.15, -0.1) is 0 Å². The van der Waals surface area contributed by atoms with Crippen LogP contribution in [0.2, 0.25) is 0 Å². The molecule has 1 rings (SSSR count). The van der Waals surface area contributed by atoms with Crippen LogP contribution in [0.5, 0.6) is 5.75 Å². The average molecular weight is 266 g/mol. The second-order valence-electron chi connectivity index (χ2n) is 4.00. The molecule has 8 heteroatoms. The van der Waals surface area contributed by atoms with Gasteiger partial charge in [-0.05, 0) is 13.8 Å². The molecule has 0 radical (unpaired) electrons. The molecule has 0 saturated heterocycles. The number of carbonyl (C=O) groups is 1. The van der Waals surface area contributed by atoms with Crippen LogP contribution in [0.1, 0.15) is 26.3 Å². The fourth-order valence-corrected chi connectivity index (χ4v) is 1.21. The fraction of sp³-hybridized carbons (Fsp3) is 0.600. The summed E-state index contributed by atoms with van der Waals surface area (Å²) < 4.78 is 43.6. The molecule has 0 fully saturated rings. The maximum absolute atomic E-state index is 12.5. The topological polar surface area (TPSA) is 64.3 Å². The van der Waals surface area contributed by atoms with E-state index in [-0.39, 0.29) is 11.8 Å². The number of carboxylic acid groups (broad SMARTS) is 1. The second kappa shape index (κ2) is 5.28. The summed E-state index contributed by atoms with van der Waals surface area (Å²) in [6.07, 6.45) is -5.83. The molecular weight excluding hydrogens is 253 g/mol. The largest absolute Gasteiger partial charge is 0.481 e. The van der Waals surface area contributed by atoms with Crippen molar-refractivity contribution in [3.8, 4) is 5.75 Å². The van der Waals surface area contributed by atoms with E-state index < -0.39 is 24.7 Å². The SMILES string of the molecule is CC(C)n1cc(OC(CC(=O)O)C(F)(F)F)cn1. The summed E-state index contributed by atoms with van der Waals surface area (Å²) in [5.74, 6) is -1.68. The van der Waals surface area contributed by atoms with Gasteiger partial charge in [0.25, 0.3) is 0 Å². The highest BCUT2D eigenvalue weighted by atomic mass is 19.4. The molecule has 0 amide bonds. The molecule has 1 aromatic rings. The molecule has 0 aliphatic carbocycles. The Kier molecular flexibility index (Phi) is 4.20. The van der Waals surface area contributed by atoms with E-state index in [1.807, 2.05) is 0 Å². The van der Waals surface area contributed by atoms with Crippen LogP contribution in [0, 0.1) is 0 Å². The van der Waals surface area contributed by atoms with Gasteiger partial charge in [-0.1, -0.05) is 0 Å². The van der Waals surface area contributed by atoms with Crippen LogP contribution < -0.4 is 4.74 Å². The molecule has 0 aliphatic heterocycles. The first-order valence-electron chi connectivity index (χ1n) is 5.19. The smallest absolute Gasteiger partial charge is 0.426 e. The maximum atomic E-state index is 12.5. The van der Waals surface area contributed by atoms with E-state index in [9.17, 15) is 18.0 Å². The van der Waals surface area contributed by atoms with E-state index in [4.69, 9.17) is 5.11 Å². The van der Waals surface area contributed by atoms with Crippen LogP contribution in [0.4, 0.5) is 13.2 Å². The Morgan fingerprint density at radius 2 is 2.17 bits per heavy atom. The molecule has 102 valence electrons. The van der Waals surface area contributed by atoms with Crippen molar-refractivity contribution >= 4 is 5.97 Å². The number of nitrogens with zero attached hydrogens (tertiary/aromatic N) is 2. The summed E-state index contributed by atoms with van der Waals surface area (Å²) in [6, 6.07) is -0.0221. The highest BCUT2D eigenvalue weighted by molar-refractivity contribution is 5.67. The van der Waals surface area contributed by atoms with Crippen molar-refractivity contribution in [1.82, 2.24) is 9.78 Å². The quantitative estimate of drug-likeness (QED) is 0.887. The van der Waals surface area contributed by atoms with E-state index in [2.05, 4.69) is 9.84 Å². The molecule has 0 aliphatic rings. The zero-order chi connectivity index (χ0) is 13.9. The van der Waals surface area contributed by atoms with E-state index in [0.29, 0.717) is 0 Å². The first-order chi connectivity index (χ1) is 8.20. The number of hydrogen-bond donors (Lipinski definition) is 1. The molecule has 0 bridgehead atoms. The Balaban J connectivity index is 2.79. The highest BCUT2D eigenvalue weighted by Gasteiger charge is 2.43. The summed E-state index contributed by atoms with van der Waals surface area (Å²) in [6.45, 7) is 3.60. The van der Waals surface area contributed by atoms with Gasteiger partial charge in [0, 0.05) is 6.04 Å². The minimum Gasteiger partial charge on any atom is -0.481 e. The molecule has 0 spiro atoms. The van der Waals surface area contributed by atoms with Gasteiger partial charge in [0.05, 0.1) is 18.8 Å². The molecule has 18 heavy (non-hydrogen) atoms. The summed E-state index contributed by atoms with van der Waals surface area (Å²) >= 11 is 0. The predicted molar refractivity (Wildman–Crippen MR) is 55.3 cm³/mol. The van der Waals surface area contributed by atoms with Crippen LogP contribution in [0.15, 0.2) is 12.4 Å². The highest BCUT2D eigenvalue weighted by Crippen LogP contribution is 2.27. The fourth-order valence-electron chi connectivity index (χ4n) is 1.21. The van der Waals surface area contributed by atoms with Gasteiger partial charge >= 0.3 is 12.1 Å². The third-order valence-electron chi connectivity index (χ3n) is 2.11. The number of hydrogen-bond acceptors (Lipinski definition) is 3. The standard InChI is InChI=1S/C10H13F3N2O3/c1-6(2)15-5-7(4-14-15)18-8(3-9(16)17)10(11,12)13/h4-6,8H,3H2,1-2H3,(H,16,17). The maximum Gasteiger partial charge on any atom is 0.426 e. The van der Waals surface area contributed by atoms with Gasteiger partial charge < -0.3 is 9.84 Å². The predicted octanol–water partition coefficient (Wildman–Crippen LogP) is 2.25. The Bertz CT molecular complexity index is 415. The van der Waals surface area contributed by atoms with E-state index in [1.165, 1.54) is 10.9 Å². The van der Waals surface area contributed by atoms with E-state index in [1.54, 1.807) is 13.8 Å². The lowest BCUT2D eigenvalue weighted by Gasteiger charge is -2.19. The summed E-state index contributed by atoms with van der Waals surface area (Å²) in [5.41, 5.74) is 0. The number of aromatic nitrogens is 2. The van der Waals surface area contributed by atoms with Crippen LogP contribution in [0.25, 0.3) is 0 Å². The summed E-state index contributed by atoms with van der Waals surface area (Å²) in [4.78, 5) is 10.4. The van der Waals surface area contributed by atoms with Crippen LogP contribution in [0.3, 0.4) is 0 Å². The number of halogens is 3. The van der Waals surface area contributed by atoms with E-state index >= 15 is 0 Å². The monoisotopic (exact) mass is 266 g/mol. The summed E-state index contributed by atoms with van der Waals surface area (Å²) in [5, 5.41) is 12.2. The zero-order valence-corrected chi connectivity index (χ0v) is 9.81. The minimum atomic E-state index is -4.74. The molecule has 0 aromatic carbocycles. The first-order valence-corrected chi connectivity index (χ1v) is 5.19. The van der Waals surface area contributed by atoms with Crippen molar-refractivity contribution in [3.05, 3.63) is 12.4 Å². The third kappa shape index (κ3) is 3.94. The minimum absolute atomic E-state index is 0.0221. The molecular formula is C10H13F3N2O3. The van der Waals surface area contributed by atoms with Gasteiger partial charge in [0.2, 0.25) is 6.10 Å². The lowest BCUT2D eigenvalue weighted by Crippen LogP contribution is -2.36. The lowest BCUT2D eigenvalue weighted by atomic mass is 10.2. The van der Waals surface area contributed by atoms with Gasteiger partial charge in [0.15, 0.2) is 5.75 Å². The van der Waals surface area contributed by atoms with Crippen LogP contribution in [-0.4, -0.2) is 33.1 Å². The van der Waals surface area contributed by atoms with Gasteiger partial charge in [-0.3, -0.25) is 9.48 Å². The lowest BCUT2D eigenvalue weighted by molar-refractivity contribution is -0.200. The number of carboxylic acids is 1. The number of aliphatic carboxylic acids is 1. The molecule has 1 atom stereocenters. The first kappa shape index (κ1) is 14.3. The second-order valence-corrected chi connectivity index (χ2v) is 4.00. The summed E-state index contributed by atoms with van der Waals surface area (Å²) in [7, 11) is 0. The number of alkyl halides is 3. The molecule has 1 N–H and O–H groups in total. The Morgan fingerprint density at radius 1 is 1.56 bits per heavy atom. The molecule has 5 nitrogen and oxygen atoms in total. The molecule has 1 unspecified atom stereocenters. The average Bonchev–Trinajstić information content (AvgIpc) is 2.63. The van der Waals surface area contributed by atoms with Crippen molar-refractivity contribution < 1.29 is 27.8 Å². The molecule has 1 heterocycles.